The molecule has 0 atom stereocenters. The number of hydrogen-bond donors (Lipinski definition) is 2. The average Bonchev–Trinajstić information content (AvgIpc) is 3.13. The Morgan fingerprint density at radius 1 is 0.935 bits per heavy atom. The van der Waals surface area contributed by atoms with Gasteiger partial charge >= 0.3 is 0 Å². The first-order chi connectivity index (χ1) is 14.7. The molecule has 4 aromatic rings. The van der Waals surface area contributed by atoms with Gasteiger partial charge in [0.1, 0.15) is 27.9 Å². The number of aromatic nitrogens is 1. The fourth-order valence-corrected chi connectivity index (χ4v) is 4.60. The van der Waals surface area contributed by atoms with Crippen LogP contribution in [0.2, 0.25) is 10.0 Å². The number of hydrogen-bond acceptors (Lipinski definition) is 4. The van der Waals surface area contributed by atoms with Crippen LogP contribution in [0.1, 0.15) is 10.5 Å². The van der Waals surface area contributed by atoms with E-state index in [-0.39, 0.29) is 26.5 Å². The Hall–Kier alpha value is -3.07. The average molecular weight is 479 g/mol. The van der Waals surface area contributed by atoms with Gasteiger partial charge in [-0.2, -0.15) is 0 Å². The summed E-state index contributed by atoms with van der Waals surface area (Å²) in [5, 5.41) is 0.781. The van der Waals surface area contributed by atoms with Crippen molar-refractivity contribution in [3.63, 3.8) is 0 Å². The van der Waals surface area contributed by atoms with Crippen LogP contribution in [0, 0.1) is 5.82 Å². The molecule has 0 fully saturated rings. The van der Waals surface area contributed by atoms with Crippen LogP contribution in [-0.4, -0.2) is 19.3 Å². The summed E-state index contributed by atoms with van der Waals surface area (Å²) in [6, 6.07) is 15.9. The summed E-state index contributed by atoms with van der Waals surface area (Å²) in [5.41, 5.74) is 0.626. The van der Waals surface area contributed by atoms with Crippen LogP contribution in [0.5, 0.6) is 11.5 Å². The van der Waals surface area contributed by atoms with Crippen LogP contribution in [0.3, 0.4) is 0 Å². The molecule has 3 aromatic carbocycles. The van der Waals surface area contributed by atoms with Crippen molar-refractivity contribution >= 4 is 50.0 Å². The number of benzene rings is 3. The van der Waals surface area contributed by atoms with Crippen molar-refractivity contribution in [2.75, 3.05) is 0 Å². The van der Waals surface area contributed by atoms with E-state index in [1.165, 1.54) is 48.5 Å². The maximum absolute atomic E-state index is 13.0. The highest BCUT2D eigenvalue weighted by atomic mass is 35.5. The molecule has 4 rings (SSSR count). The van der Waals surface area contributed by atoms with Gasteiger partial charge in [0.2, 0.25) is 0 Å². The van der Waals surface area contributed by atoms with Gasteiger partial charge in [-0.25, -0.2) is 17.5 Å². The molecule has 6 nitrogen and oxygen atoms in total. The van der Waals surface area contributed by atoms with Crippen molar-refractivity contribution < 1.29 is 22.3 Å². The molecule has 0 unspecified atom stereocenters. The predicted molar refractivity (Wildman–Crippen MR) is 116 cm³/mol. The number of rotatable bonds is 5. The molecule has 0 radical (unpaired) electrons. The first kappa shape index (κ1) is 21.2. The zero-order chi connectivity index (χ0) is 22.2. The molecule has 0 saturated heterocycles. The monoisotopic (exact) mass is 478 g/mol. The number of halogens is 3. The van der Waals surface area contributed by atoms with E-state index in [9.17, 15) is 17.6 Å². The largest absolute Gasteiger partial charge is 0.457 e. The molecule has 0 aliphatic carbocycles. The van der Waals surface area contributed by atoms with E-state index in [2.05, 4.69) is 4.98 Å². The number of H-pyrrole nitrogens is 1. The molecular formula is C21H13Cl2FN2O4S. The van der Waals surface area contributed by atoms with Gasteiger partial charge in [0.05, 0.1) is 5.02 Å². The number of carbonyl (C=O) groups excluding carboxylic acids is 1. The molecule has 10 heteroatoms. The topological polar surface area (TPSA) is 88.3 Å². The lowest BCUT2D eigenvalue weighted by Crippen LogP contribution is -2.31. The Bertz CT molecular complexity index is 1400. The Balaban J connectivity index is 1.56. The van der Waals surface area contributed by atoms with Crippen LogP contribution in [0.4, 0.5) is 4.39 Å². The molecule has 0 bridgehead atoms. The maximum Gasteiger partial charge on any atom is 0.281 e. The summed E-state index contributed by atoms with van der Waals surface area (Å²) in [6.07, 6.45) is 0. The fourth-order valence-electron chi connectivity index (χ4n) is 2.86. The SMILES string of the molecule is O=C(NS(=O)(=O)c1ccc(Cl)cc1Cl)c1cc2cc(Oc3ccc(F)cc3)ccc2[nH]1. The van der Waals surface area contributed by atoms with Crippen LogP contribution >= 0.6 is 23.2 Å². The van der Waals surface area contributed by atoms with E-state index < -0.39 is 15.9 Å². The second-order valence-corrected chi connectivity index (χ2v) is 8.99. The van der Waals surface area contributed by atoms with Crippen molar-refractivity contribution in [3.8, 4) is 11.5 Å². The Morgan fingerprint density at radius 3 is 2.35 bits per heavy atom. The first-order valence-corrected chi connectivity index (χ1v) is 11.0. The standard InChI is InChI=1S/C21H13Cl2FN2O4S/c22-13-1-8-20(17(23)11-13)31(28,29)26-21(27)19-10-12-9-16(6-7-18(12)25-19)30-15-4-2-14(24)3-5-15/h1-11,25H,(H,26,27). The summed E-state index contributed by atoms with van der Waals surface area (Å²) >= 11 is 11.7. The highest BCUT2D eigenvalue weighted by molar-refractivity contribution is 7.90. The van der Waals surface area contributed by atoms with Crippen molar-refractivity contribution in [3.05, 3.63) is 88.3 Å². The molecule has 158 valence electrons. The van der Waals surface area contributed by atoms with Crippen LogP contribution in [-0.2, 0) is 10.0 Å². The molecule has 0 aliphatic heterocycles. The third-order valence-electron chi connectivity index (χ3n) is 4.30. The van der Waals surface area contributed by atoms with Gasteiger partial charge in [-0.1, -0.05) is 23.2 Å². The summed E-state index contributed by atoms with van der Waals surface area (Å²) in [4.78, 5) is 15.1. The smallest absolute Gasteiger partial charge is 0.281 e. The molecule has 1 amide bonds. The van der Waals surface area contributed by atoms with E-state index in [0.29, 0.717) is 22.4 Å². The zero-order valence-corrected chi connectivity index (χ0v) is 17.9. The minimum Gasteiger partial charge on any atom is -0.457 e. The van der Waals surface area contributed by atoms with E-state index in [1.54, 1.807) is 18.2 Å². The number of sulfonamides is 1. The van der Waals surface area contributed by atoms with Crippen LogP contribution < -0.4 is 9.46 Å². The molecule has 1 aromatic heterocycles. The fraction of sp³-hybridized carbons (Fsp3) is 0. The lowest BCUT2D eigenvalue weighted by atomic mass is 10.2. The lowest BCUT2D eigenvalue weighted by Gasteiger charge is -2.07. The highest BCUT2D eigenvalue weighted by Gasteiger charge is 2.22. The predicted octanol–water partition coefficient (Wildman–Crippen LogP) is 5.52. The second-order valence-electron chi connectivity index (χ2n) is 6.50. The molecule has 2 N–H and O–H groups in total. The minimum absolute atomic E-state index is 0.0302. The second kappa shape index (κ2) is 8.22. The van der Waals surface area contributed by atoms with Gasteiger partial charge in [0, 0.05) is 15.9 Å². The molecule has 1 heterocycles. The van der Waals surface area contributed by atoms with Gasteiger partial charge in [-0.05, 0) is 66.7 Å². The minimum atomic E-state index is -4.21. The summed E-state index contributed by atoms with van der Waals surface area (Å²) in [7, 11) is -4.21. The Morgan fingerprint density at radius 2 is 1.65 bits per heavy atom. The number of amides is 1. The van der Waals surface area contributed by atoms with Gasteiger partial charge < -0.3 is 9.72 Å². The zero-order valence-electron chi connectivity index (χ0n) is 15.5. The van der Waals surface area contributed by atoms with Gasteiger partial charge in [0.25, 0.3) is 15.9 Å². The van der Waals surface area contributed by atoms with Gasteiger partial charge in [-0.3, -0.25) is 4.79 Å². The van der Waals surface area contributed by atoms with Crippen molar-refractivity contribution in [2.24, 2.45) is 0 Å². The quantitative estimate of drug-likeness (QED) is 0.394. The Labute approximate surface area is 186 Å². The normalized spacial score (nSPS) is 11.5. The number of fused-ring (bicyclic) bond motifs is 1. The summed E-state index contributed by atoms with van der Waals surface area (Å²) < 4.78 is 45.7. The van der Waals surface area contributed by atoms with Crippen LogP contribution in [0.15, 0.2) is 71.6 Å². The van der Waals surface area contributed by atoms with E-state index >= 15 is 0 Å². The van der Waals surface area contributed by atoms with Crippen molar-refractivity contribution in [2.45, 2.75) is 4.90 Å². The van der Waals surface area contributed by atoms with E-state index in [0.717, 1.165) is 0 Å². The highest BCUT2D eigenvalue weighted by Crippen LogP contribution is 2.27. The van der Waals surface area contributed by atoms with Gasteiger partial charge in [-0.15, -0.1) is 0 Å². The first-order valence-electron chi connectivity index (χ1n) is 8.80. The number of ether oxygens (including phenoxy) is 1. The maximum atomic E-state index is 13.0. The van der Waals surface area contributed by atoms with Crippen molar-refractivity contribution in [1.29, 1.82) is 0 Å². The number of nitrogens with one attached hydrogen (secondary N) is 2. The van der Waals surface area contributed by atoms with Crippen LogP contribution in [0.25, 0.3) is 10.9 Å². The number of carbonyl (C=O) groups is 1. The third kappa shape index (κ3) is 4.66. The van der Waals surface area contributed by atoms with E-state index in [1.807, 2.05) is 4.72 Å². The molecule has 31 heavy (non-hydrogen) atoms. The molecule has 0 saturated carbocycles. The summed E-state index contributed by atoms with van der Waals surface area (Å²) in [6.45, 7) is 0. The molecule has 0 aliphatic rings. The molecular weight excluding hydrogens is 466 g/mol. The number of aromatic amines is 1. The third-order valence-corrected chi connectivity index (χ3v) is 6.35. The van der Waals surface area contributed by atoms with Crippen molar-refractivity contribution in [1.82, 2.24) is 9.71 Å². The van der Waals surface area contributed by atoms with E-state index in [4.69, 9.17) is 27.9 Å². The Kier molecular flexibility index (Phi) is 5.62. The van der Waals surface area contributed by atoms with Gasteiger partial charge in [0.15, 0.2) is 0 Å². The molecule has 0 spiro atoms. The summed E-state index contributed by atoms with van der Waals surface area (Å²) in [5.74, 6) is -0.326. The lowest BCUT2D eigenvalue weighted by molar-refractivity contribution is 0.0977.